The summed E-state index contributed by atoms with van der Waals surface area (Å²) in [4.78, 5) is 26.9. The number of carbonyl (C=O) groups excluding carboxylic acids is 1. The lowest BCUT2D eigenvalue weighted by atomic mass is 10.0. The van der Waals surface area contributed by atoms with Crippen LogP contribution in [0.25, 0.3) is 0 Å². The molecule has 1 aromatic rings. The number of nitrogens with zero attached hydrogens (tertiary/aromatic N) is 2. The van der Waals surface area contributed by atoms with Gasteiger partial charge in [-0.1, -0.05) is 13.8 Å². The zero-order valence-electron chi connectivity index (χ0n) is 11.2. The van der Waals surface area contributed by atoms with Crippen LogP contribution >= 0.6 is 0 Å². The Kier molecular flexibility index (Phi) is 5.50. The third-order valence-electron chi connectivity index (χ3n) is 2.56. The Labute approximate surface area is 111 Å². The average molecular weight is 268 g/mol. The van der Waals surface area contributed by atoms with Crippen LogP contribution in [0.15, 0.2) is 12.5 Å². The second kappa shape index (κ2) is 6.89. The molecular formula is C12H20N4O3. The summed E-state index contributed by atoms with van der Waals surface area (Å²) in [7, 11) is 0. The highest BCUT2D eigenvalue weighted by atomic mass is 16.4. The van der Waals surface area contributed by atoms with Gasteiger partial charge < -0.3 is 20.7 Å². The fourth-order valence-corrected chi connectivity index (χ4v) is 1.67. The minimum Gasteiger partial charge on any atom is -0.480 e. The molecule has 1 atom stereocenters. The molecule has 0 saturated heterocycles. The van der Waals surface area contributed by atoms with E-state index in [4.69, 9.17) is 10.8 Å². The number of carboxylic acids is 1. The van der Waals surface area contributed by atoms with Crippen LogP contribution in [0.3, 0.4) is 0 Å². The first kappa shape index (κ1) is 15.2. The highest BCUT2D eigenvalue weighted by Crippen LogP contribution is 2.06. The first-order chi connectivity index (χ1) is 8.93. The summed E-state index contributed by atoms with van der Waals surface area (Å²) >= 11 is 0. The number of nitrogens with one attached hydrogen (secondary N) is 1. The van der Waals surface area contributed by atoms with Gasteiger partial charge in [0.15, 0.2) is 0 Å². The largest absolute Gasteiger partial charge is 0.480 e. The Morgan fingerprint density at radius 2 is 2.21 bits per heavy atom. The summed E-state index contributed by atoms with van der Waals surface area (Å²) in [5, 5.41) is 11.5. The monoisotopic (exact) mass is 268 g/mol. The predicted octanol–water partition coefficient (Wildman–Crippen LogP) is 0.0709. The quantitative estimate of drug-likeness (QED) is 0.648. The normalized spacial score (nSPS) is 12.4. The number of amides is 1. The minimum absolute atomic E-state index is 0.177. The zero-order chi connectivity index (χ0) is 14.4. The van der Waals surface area contributed by atoms with Gasteiger partial charge in [-0.2, -0.15) is 0 Å². The Morgan fingerprint density at radius 3 is 2.74 bits per heavy atom. The van der Waals surface area contributed by atoms with Gasteiger partial charge in [0.2, 0.25) is 0 Å². The van der Waals surface area contributed by atoms with Crippen LogP contribution in [-0.4, -0.2) is 39.1 Å². The summed E-state index contributed by atoms with van der Waals surface area (Å²) < 4.78 is 1.69. The molecule has 1 amide bonds. The first-order valence-corrected chi connectivity index (χ1v) is 6.19. The van der Waals surface area contributed by atoms with Crippen LogP contribution < -0.4 is 11.1 Å². The van der Waals surface area contributed by atoms with E-state index < -0.39 is 17.9 Å². The summed E-state index contributed by atoms with van der Waals surface area (Å²) in [6, 6.07) is -0.896. The maximum atomic E-state index is 11.9. The summed E-state index contributed by atoms with van der Waals surface area (Å²) in [6.07, 6.45) is 3.43. The van der Waals surface area contributed by atoms with Gasteiger partial charge in [-0.15, -0.1) is 0 Å². The number of aromatic nitrogens is 2. The molecule has 7 nitrogen and oxygen atoms in total. The maximum Gasteiger partial charge on any atom is 0.326 e. The van der Waals surface area contributed by atoms with Gasteiger partial charge in [0.25, 0.3) is 5.91 Å². The van der Waals surface area contributed by atoms with Crippen LogP contribution in [0.1, 0.15) is 30.8 Å². The molecule has 0 radical (unpaired) electrons. The van der Waals surface area contributed by atoms with Gasteiger partial charge in [0, 0.05) is 19.3 Å². The molecular weight excluding hydrogens is 248 g/mol. The van der Waals surface area contributed by atoms with Crippen molar-refractivity contribution in [2.24, 2.45) is 11.7 Å². The van der Waals surface area contributed by atoms with Crippen molar-refractivity contribution < 1.29 is 14.7 Å². The van der Waals surface area contributed by atoms with Crippen molar-refractivity contribution in [1.82, 2.24) is 14.9 Å². The molecule has 1 rings (SSSR count). The summed E-state index contributed by atoms with van der Waals surface area (Å²) in [5.74, 6) is -1.34. The highest BCUT2D eigenvalue weighted by Gasteiger charge is 2.22. The van der Waals surface area contributed by atoms with Crippen LogP contribution in [0.2, 0.25) is 0 Å². The van der Waals surface area contributed by atoms with Crippen LogP contribution in [0.4, 0.5) is 0 Å². The van der Waals surface area contributed by atoms with E-state index in [0.717, 1.165) is 0 Å². The van der Waals surface area contributed by atoms with Crippen LogP contribution in [-0.2, 0) is 11.3 Å². The molecule has 0 aromatic carbocycles. The van der Waals surface area contributed by atoms with E-state index in [1.165, 1.54) is 6.33 Å². The number of carbonyl (C=O) groups is 2. The van der Waals surface area contributed by atoms with E-state index >= 15 is 0 Å². The molecule has 0 saturated carbocycles. The van der Waals surface area contributed by atoms with E-state index in [1.807, 2.05) is 13.8 Å². The standard InChI is InChI=1S/C12H20N4O3/c1-8(2)5-9(12(18)19)15-11(17)10-6-16(4-3-13)7-14-10/h6-9H,3-5,13H2,1-2H3,(H,15,17)(H,18,19). The summed E-state index contributed by atoms with van der Waals surface area (Å²) in [6.45, 7) is 4.81. The molecule has 1 aromatic heterocycles. The third kappa shape index (κ3) is 4.70. The van der Waals surface area contributed by atoms with E-state index in [2.05, 4.69) is 10.3 Å². The van der Waals surface area contributed by atoms with Crippen molar-refractivity contribution >= 4 is 11.9 Å². The molecule has 1 unspecified atom stereocenters. The van der Waals surface area contributed by atoms with Gasteiger partial charge >= 0.3 is 5.97 Å². The van der Waals surface area contributed by atoms with Crippen LogP contribution in [0.5, 0.6) is 0 Å². The zero-order valence-corrected chi connectivity index (χ0v) is 11.2. The molecule has 0 aliphatic heterocycles. The molecule has 0 bridgehead atoms. The number of hydrogen-bond donors (Lipinski definition) is 3. The van der Waals surface area contributed by atoms with Crippen LogP contribution in [0, 0.1) is 5.92 Å². The van der Waals surface area contributed by atoms with Crippen molar-refractivity contribution in [2.75, 3.05) is 6.54 Å². The van der Waals surface area contributed by atoms with Gasteiger partial charge in [0.1, 0.15) is 11.7 Å². The van der Waals surface area contributed by atoms with E-state index in [1.54, 1.807) is 10.8 Å². The molecule has 19 heavy (non-hydrogen) atoms. The van der Waals surface area contributed by atoms with Crippen molar-refractivity contribution in [2.45, 2.75) is 32.9 Å². The van der Waals surface area contributed by atoms with Crippen molar-refractivity contribution in [1.29, 1.82) is 0 Å². The predicted molar refractivity (Wildman–Crippen MR) is 69.6 cm³/mol. The van der Waals surface area contributed by atoms with Gasteiger partial charge in [-0.3, -0.25) is 4.79 Å². The lowest BCUT2D eigenvalue weighted by molar-refractivity contribution is -0.139. The number of carboxylic acid groups (broad SMARTS) is 1. The lowest BCUT2D eigenvalue weighted by Crippen LogP contribution is -2.41. The first-order valence-electron chi connectivity index (χ1n) is 6.19. The Bertz CT molecular complexity index is 442. The average Bonchev–Trinajstić information content (AvgIpc) is 2.76. The van der Waals surface area contributed by atoms with E-state index in [-0.39, 0.29) is 11.6 Å². The number of rotatable bonds is 7. The van der Waals surface area contributed by atoms with Gasteiger partial charge in [-0.25, -0.2) is 9.78 Å². The number of hydrogen-bond acceptors (Lipinski definition) is 4. The number of imidazole rings is 1. The van der Waals surface area contributed by atoms with Gasteiger partial charge in [0.05, 0.1) is 6.33 Å². The smallest absolute Gasteiger partial charge is 0.326 e. The molecule has 1 heterocycles. The Morgan fingerprint density at radius 1 is 1.53 bits per heavy atom. The molecule has 0 fully saturated rings. The molecule has 4 N–H and O–H groups in total. The summed E-state index contributed by atoms with van der Waals surface area (Å²) in [5.41, 5.74) is 5.59. The SMILES string of the molecule is CC(C)CC(NC(=O)c1cn(CCN)cn1)C(=O)O. The number of aliphatic carboxylic acids is 1. The molecule has 0 spiro atoms. The van der Waals surface area contributed by atoms with Crippen molar-refractivity contribution in [3.8, 4) is 0 Å². The number of nitrogens with two attached hydrogens (primary N) is 1. The molecule has 0 aliphatic carbocycles. The molecule has 7 heteroatoms. The van der Waals surface area contributed by atoms with Crippen molar-refractivity contribution in [3.05, 3.63) is 18.2 Å². The maximum absolute atomic E-state index is 11.9. The minimum atomic E-state index is -1.04. The van der Waals surface area contributed by atoms with Gasteiger partial charge in [-0.05, 0) is 12.3 Å². The second-order valence-corrected chi connectivity index (χ2v) is 4.78. The highest BCUT2D eigenvalue weighted by molar-refractivity contribution is 5.94. The van der Waals surface area contributed by atoms with E-state index in [0.29, 0.717) is 19.5 Å². The fraction of sp³-hybridized carbons (Fsp3) is 0.583. The van der Waals surface area contributed by atoms with E-state index in [9.17, 15) is 9.59 Å². The molecule has 0 aliphatic rings. The second-order valence-electron chi connectivity index (χ2n) is 4.78. The van der Waals surface area contributed by atoms with Crippen molar-refractivity contribution in [3.63, 3.8) is 0 Å². The topological polar surface area (TPSA) is 110 Å². The fourth-order valence-electron chi connectivity index (χ4n) is 1.67. The molecule has 106 valence electrons. The Balaban J connectivity index is 2.67. The Hall–Kier alpha value is -1.89. The third-order valence-corrected chi connectivity index (χ3v) is 2.56. The lowest BCUT2D eigenvalue weighted by Gasteiger charge is -2.15.